The molecule has 3 aromatic rings. The van der Waals surface area contributed by atoms with Crippen molar-refractivity contribution in [1.29, 1.82) is 5.26 Å². The number of hydrogen-bond acceptors (Lipinski definition) is 9. The molecule has 4 rings (SSSR count). The molecule has 2 aromatic heterocycles. The number of amides is 2. The van der Waals surface area contributed by atoms with Crippen molar-refractivity contribution in [3.8, 4) is 11.8 Å². The normalized spacial score (nSPS) is 14.2. The van der Waals surface area contributed by atoms with Gasteiger partial charge in [-0.25, -0.2) is 9.97 Å². The molecule has 1 atom stereocenters. The van der Waals surface area contributed by atoms with Gasteiger partial charge in [0.15, 0.2) is 6.29 Å². The topological polar surface area (TPSA) is 147 Å². The molecule has 0 saturated carbocycles. The number of pyridine rings is 2. The highest BCUT2D eigenvalue weighted by atomic mass is 16.5. The van der Waals surface area contributed by atoms with E-state index in [9.17, 15) is 19.6 Å². The van der Waals surface area contributed by atoms with Crippen molar-refractivity contribution in [1.82, 2.24) is 20.2 Å². The largest absolute Gasteiger partial charge is 0.487 e. The SMILES string of the molecule is COCC(C)Oc1cc(NC(=O)c2cccc3cc(CN4CCNCC4=O)c(C=O)nc23)ncc1C#N. The predicted octanol–water partition coefficient (Wildman–Crippen LogP) is 1.91. The van der Waals surface area contributed by atoms with Crippen LogP contribution in [-0.4, -0.2) is 72.4 Å². The summed E-state index contributed by atoms with van der Waals surface area (Å²) in [6, 6.07) is 10.4. The van der Waals surface area contributed by atoms with Crippen molar-refractivity contribution in [2.45, 2.75) is 19.6 Å². The number of para-hydroxylation sites is 1. The first-order valence-electron chi connectivity index (χ1n) is 11.7. The van der Waals surface area contributed by atoms with Gasteiger partial charge in [0.1, 0.15) is 35.0 Å². The van der Waals surface area contributed by atoms with Crippen molar-refractivity contribution in [3.05, 3.63) is 58.9 Å². The lowest BCUT2D eigenvalue weighted by Gasteiger charge is -2.27. The average Bonchev–Trinajstić information content (AvgIpc) is 2.89. The summed E-state index contributed by atoms with van der Waals surface area (Å²) >= 11 is 0. The van der Waals surface area contributed by atoms with Gasteiger partial charge < -0.3 is 25.0 Å². The molecular weight excluding hydrogens is 476 g/mol. The highest BCUT2D eigenvalue weighted by Crippen LogP contribution is 2.25. The van der Waals surface area contributed by atoms with Gasteiger partial charge in [-0.05, 0) is 19.1 Å². The summed E-state index contributed by atoms with van der Waals surface area (Å²) in [5, 5.41) is 15.8. The van der Waals surface area contributed by atoms with E-state index >= 15 is 0 Å². The third-order valence-corrected chi connectivity index (χ3v) is 5.82. The lowest BCUT2D eigenvalue weighted by Crippen LogP contribution is -2.47. The Morgan fingerprint density at radius 3 is 2.95 bits per heavy atom. The Morgan fingerprint density at radius 1 is 1.38 bits per heavy atom. The number of fused-ring (bicyclic) bond motifs is 1. The summed E-state index contributed by atoms with van der Waals surface area (Å²) in [6.07, 6.45) is 1.63. The molecule has 1 aliphatic rings. The summed E-state index contributed by atoms with van der Waals surface area (Å²) in [6.45, 7) is 3.83. The Hall–Kier alpha value is -4.40. The smallest absolute Gasteiger partial charge is 0.259 e. The fraction of sp³-hybridized carbons (Fsp3) is 0.308. The highest BCUT2D eigenvalue weighted by molar-refractivity contribution is 6.12. The predicted molar refractivity (Wildman–Crippen MR) is 134 cm³/mol. The number of nitrogens with zero attached hydrogens (tertiary/aromatic N) is 4. The fourth-order valence-corrected chi connectivity index (χ4v) is 4.04. The van der Waals surface area contributed by atoms with Crippen molar-refractivity contribution in [3.63, 3.8) is 0 Å². The van der Waals surface area contributed by atoms with Crippen molar-refractivity contribution < 1.29 is 23.9 Å². The number of aldehydes is 1. The molecule has 1 unspecified atom stereocenters. The number of carbonyl (C=O) groups excluding carboxylic acids is 3. The number of methoxy groups -OCH3 is 1. The maximum atomic E-state index is 13.2. The molecular formula is C26H26N6O5. The molecule has 37 heavy (non-hydrogen) atoms. The Kier molecular flexibility index (Phi) is 8.02. The van der Waals surface area contributed by atoms with Gasteiger partial charge in [-0.2, -0.15) is 5.26 Å². The van der Waals surface area contributed by atoms with Crippen LogP contribution >= 0.6 is 0 Å². The first-order chi connectivity index (χ1) is 17.9. The van der Waals surface area contributed by atoms with Crippen molar-refractivity contribution >= 4 is 34.8 Å². The minimum atomic E-state index is -0.493. The number of nitrogens with one attached hydrogen (secondary N) is 2. The first kappa shape index (κ1) is 25.7. The van der Waals surface area contributed by atoms with E-state index < -0.39 is 5.91 Å². The van der Waals surface area contributed by atoms with Crippen molar-refractivity contribution in [2.75, 3.05) is 38.7 Å². The number of hydrogen-bond donors (Lipinski definition) is 2. The van der Waals surface area contributed by atoms with Gasteiger partial charge in [0.25, 0.3) is 5.91 Å². The van der Waals surface area contributed by atoms with Gasteiger partial charge in [0.05, 0.1) is 30.4 Å². The molecule has 1 aliphatic heterocycles. The van der Waals surface area contributed by atoms with E-state index in [0.29, 0.717) is 42.4 Å². The number of aromatic nitrogens is 2. The molecule has 1 saturated heterocycles. The molecule has 1 aromatic carbocycles. The van der Waals surface area contributed by atoms with Gasteiger partial charge >= 0.3 is 0 Å². The first-order valence-corrected chi connectivity index (χ1v) is 11.7. The molecule has 0 spiro atoms. The van der Waals surface area contributed by atoms with Gasteiger partial charge in [-0.15, -0.1) is 0 Å². The molecule has 1 fully saturated rings. The number of rotatable bonds is 9. The third-order valence-electron chi connectivity index (χ3n) is 5.82. The van der Waals surface area contributed by atoms with Crippen molar-refractivity contribution in [2.24, 2.45) is 0 Å². The molecule has 2 N–H and O–H groups in total. The standard InChI is InChI=1S/C26H26N6O5/c1-16(15-36-2)37-22-9-23(29-11-19(22)10-27)31-26(35)20-5-3-4-17-8-18(21(14-33)30-25(17)20)13-32-7-6-28-12-24(32)34/h3-5,8-9,11,14,16,28H,6-7,12-13,15H2,1-2H3,(H,29,31,35). The van der Waals surface area contributed by atoms with Crippen LogP contribution in [0.1, 0.15) is 38.9 Å². The minimum Gasteiger partial charge on any atom is -0.487 e. The van der Waals surface area contributed by atoms with E-state index in [-0.39, 0.29) is 53.5 Å². The number of piperazine rings is 1. The molecule has 190 valence electrons. The van der Waals surface area contributed by atoms with E-state index in [0.717, 1.165) is 0 Å². The second kappa shape index (κ2) is 11.6. The Balaban J connectivity index is 1.61. The molecule has 0 radical (unpaired) electrons. The highest BCUT2D eigenvalue weighted by Gasteiger charge is 2.21. The van der Waals surface area contributed by atoms with Gasteiger partial charge in [-0.3, -0.25) is 14.4 Å². The van der Waals surface area contributed by atoms with E-state index in [1.807, 2.05) is 6.07 Å². The molecule has 3 heterocycles. The summed E-state index contributed by atoms with van der Waals surface area (Å²) in [5.41, 5.74) is 1.58. The van der Waals surface area contributed by atoms with Crippen LogP contribution in [0.4, 0.5) is 5.82 Å². The van der Waals surface area contributed by atoms with Crippen LogP contribution in [0.3, 0.4) is 0 Å². The van der Waals surface area contributed by atoms with Crippen LogP contribution in [0.2, 0.25) is 0 Å². The van der Waals surface area contributed by atoms with E-state index in [1.165, 1.54) is 12.3 Å². The van der Waals surface area contributed by atoms with Crippen LogP contribution in [0.15, 0.2) is 36.5 Å². The molecule has 0 aliphatic carbocycles. The fourth-order valence-electron chi connectivity index (χ4n) is 4.04. The number of ether oxygens (including phenoxy) is 2. The molecule has 11 heteroatoms. The van der Waals surface area contributed by atoms with Gasteiger partial charge in [0, 0.05) is 43.8 Å². The monoisotopic (exact) mass is 502 g/mol. The van der Waals surface area contributed by atoms with Gasteiger partial charge in [0.2, 0.25) is 5.91 Å². The Bertz CT molecular complexity index is 1390. The third kappa shape index (κ3) is 5.88. The van der Waals surface area contributed by atoms with Crippen LogP contribution in [-0.2, 0) is 16.1 Å². The van der Waals surface area contributed by atoms with Crippen LogP contribution < -0.4 is 15.4 Å². The van der Waals surface area contributed by atoms with Crippen LogP contribution in [0.25, 0.3) is 10.9 Å². The Labute approximate surface area is 213 Å². The number of anilines is 1. The number of benzene rings is 1. The van der Waals surface area contributed by atoms with Crippen LogP contribution in [0.5, 0.6) is 5.75 Å². The van der Waals surface area contributed by atoms with Gasteiger partial charge in [-0.1, -0.05) is 12.1 Å². The minimum absolute atomic E-state index is 0.0498. The zero-order valence-corrected chi connectivity index (χ0v) is 20.5. The number of carbonyl (C=O) groups is 3. The summed E-state index contributed by atoms with van der Waals surface area (Å²) < 4.78 is 10.8. The summed E-state index contributed by atoms with van der Waals surface area (Å²) in [4.78, 5) is 47.5. The zero-order chi connectivity index (χ0) is 26.4. The second-order valence-corrected chi connectivity index (χ2v) is 8.54. The quantitative estimate of drug-likeness (QED) is 0.419. The lowest BCUT2D eigenvalue weighted by molar-refractivity contribution is -0.132. The molecule has 0 bridgehead atoms. The number of nitriles is 1. The lowest BCUT2D eigenvalue weighted by atomic mass is 10.0. The van der Waals surface area contributed by atoms with E-state index in [2.05, 4.69) is 20.6 Å². The maximum absolute atomic E-state index is 13.2. The average molecular weight is 503 g/mol. The van der Waals surface area contributed by atoms with E-state index in [1.54, 1.807) is 43.2 Å². The second-order valence-electron chi connectivity index (χ2n) is 8.54. The molecule has 11 nitrogen and oxygen atoms in total. The molecule has 2 amide bonds. The maximum Gasteiger partial charge on any atom is 0.259 e. The summed E-state index contributed by atoms with van der Waals surface area (Å²) in [5.74, 6) is -0.0897. The Morgan fingerprint density at radius 2 is 2.22 bits per heavy atom. The van der Waals surface area contributed by atoms with Crippen LogP contribution in [0, 0.1) is 11.3 Å². The van der Waals surface area contributed by atoms with E-state index in [4.69, 9.17) is 9.47 Å². The summed E-state index contributed by atoms with van der Waals surface area (Å²) in [7, 11) is 1.55. The zero-order valence-electron chi connectivity index (χ0n) is 20.5.